The molecule has 11 heteroatoms. The van der Waals surface area contributed by atoms with E-state index in [0.29, 0.717) is 18.5 Å². The maximum atomic E-state index is 13.8. The van der Waals surface area contributed by atoms with E-state index in [2.05, 4.69) is 15.4 Å². The third-order valence-electron chi connectivity index (χ3n) is 5.84. The first-order valence-electron chi connectivity index (χ1n) is 10.2. The summed E-state index contributed by atoms with van der Waals surface area (Å²) in [6, 6.07) is 4.91. The third kappa shape index (κ3) is 3.23. The van der Waals surface area contributed by atoms with E-state index in [4.69, 9.17) is 0 Å². The molecule has 5 rings (SSSR count). The maximum absolute atomic E-state index is 13.8. The predicted octanol–water partition coefficient (Wildman–Crippen LogP) is 1.84. The van der Waals surface area contributed by atoms with Crippen molar-refractivity contribution >= 4 is 22.6 Å². The third-order valence-corrected chi connectivity index (χ3v) is 5.84. The number of aromatic nitrogens is 5. The van der Waals surface area contributed by atoms with E-state index >= 15 is 0 Å². The number of aryl methyl sites for hydroxylation is 1. The van der Waals surface area contributed by atoms with E-state index in [1.54, 1.807) is 0 Å². The van der Waals surface area contributed by atoms with Crippen LogP contribution in [0.25, 0.3) is 16.7 Å². The Morgan fingerprint density at radius 3 is 2.61 bits per heavy atom. The van der Waals surface area contributed by atoms with Gasteiger partial charge in [0.2, 0.25) is 0 Å². The molecule has 0 spiro atoms. The van der Waals surface area contributed by atoms with Gasteiger partial charge in [0.05, 0.1) is 23.0 Å². The molecule has 0 aliphatic heterocycles. The number of rotatable bonds is 3. The highest BCUT2D eigenvalue weighted by atomic mass is 19.2. The lowest BCUT2D eigenvalue weighted by Crippen LogP contribution is -2.37. The molecule has 0 saturated heterocycles. The number of benzene rings is 1. The number of pyridine rings is 1. The molecule has 1 aliphatic rings. The van der Waals surface area contributed by atoms with Crippen LogP contribution in [0.5, 0.6) is 0 Å². The summed E-state index contributed by atoms with van der Waals surface area (Å²) in [4.78, 5) is 41.8. The van der Waals surface area contributed by atoms with Crippen molar-refractivity contribution in [2.24, 2.45) is 14.1 Å². The second-order valence-corrected chi connectivity index (χ2v) is 7.89. The molecule has 1 amide bonds. The van der Waals surface area contributed by atoms with Crippen LogP contribution in [-0.2, 0) is 26.9 Å². The molecule has 168 valence electrons. The van der Waals surface area contributed by atoms with Gasteiger partial charge in [-0.3, -0.25) is 18.7 Å². The number of anilines is 1. The van der Waals surface area contributed by atoms with Crippen LogP contribution in [0.1, 0.15) is 28.2 Å². The van der Waals surface area contributed by atoms with Gasteiger partial charge in [-0.05, 0) is 37.5 Å². The zero-order valence-corrected chi connectivity index (χ0v) is 17.7. The predicted molar refractivity (Wildman–Crippen MR) is 116 cm³/mol. The smallest absolute Gasteiger partial charge is 0.319 e. The summed E-state index contributed by atoms with van der Waals surface area (Å²) in [5, 5.41) is 7.25. The summed E-state index contributed by atoms with van der Waals surface area (Å²) < 4.78 is 30.8. The van der Waals surface area contributed by atoms with E-state index < -0.39 is 28.8 Å². The Morgan fingerprint density at radius 2 is 1.85 bits per heavy atom. The van der Waals surface area contributed by atoms with Gasteiger partial charge >= 0.3 is 5.69 Å². The van der Waals surface area contributed by atoms with Crippen molar-refractivity contribution in [3.8, 4) is 5.69 Å². The largest absolute Gasteiger partial charge is 0.332 e. The Hall–Kier alpha value is -4.15. The molecule has 0 bridgehead atoms. The summed E-state index contributed by atoms with van der Waals surface area (Å²) in [6.45, 7) is 0. The quantitative estimate of drug-likeness (QED) is 0.511. The Labute approximate surface area is 184 Å². The molecule has 1 aliphatic carbocycles. The number of carbonyl (C=O) groups excluding carboxylic acids is 1. The Bertz CT molecular complexity index is 1580. The molecule has 4 aromatic rings. The van der Waals surface area contributed by atoms with Gasteiger partial charge in [-0.25, -0.2) is 23.2 Å². The first kappa shape index (κ1) is 20.7. The monoisotopic (exact) mass is 452 g/mol. The summed E-state index contributed by atoms with van der Waals surface area (Å²) >= 11 is 0. The minimum Gasteiger partial charge on any atom is -0.319 e. The highest BCUT2D eigenvalue weighted by Crippen LogP contribution is 2.29. The fourth-order valence-corrected chi connectivity index (χ4v) is 4.17. The van der Waals surface area contributed by atoms with Gasteiger partial charge in [0, 0.05) is 31.4 Å². The Morgan fingerprint density at radius 1 is 1.06 bits per heavy atom. The van der Waals surface area contributed by atoms with Gasteiger partial charge in [0.25, 0.3) is 11.5 Å². The molecule has 0 radical (unpaired) electrons. The summed E-state index contributed by atoms with van der Waals surface area (Å²) in [7, 11) is 2.87. The standard InChI is InChI=1S/C22H18F2N6O3/c1-28-19-14(21(32)29(2)22(28)33)8-11(10-25-19)26-20(31)18-13-4-3-5-17(13)30(27-18)12-6-7-15(23)16(24)9-12/h6-10H,3-5H2,1-2H3,(H,26,31). The fourth-order valence-electron chi connectivity index (χ4n) is 4.17. The highest BCUT2D eigenvalue weighted by Gasteiger charge is 2.27. The lowest BCUT2D eigenvalue weighted by atomic mass is 10.2. The van der Waals surface area contributed by atoms with Gasteiger partial charge in [-0.1, -0.05) is 0 Å². The Kier molecular flexibility index (Phi) is 4.69. The summed E-state index contributed by atoms with van der Waals surface area (Å²) in [6.07, 6.45) is 3.43. The molecule has 9 nitrogen and oxygen atoms in total. The van der Waals surface area contributed by atoms with Crippen molar-refractivity contribution in [1.29, 1.82) is 0 Å². The molecule has 0 unspecified atom stereocenters. The van der Waals surface area contributed by atoms with E-state index in [0.717, 1.165) is 34.4 Å². The number of nitrogens with zero attached hydrogens (tertiary/aromatic N) is 5. The molecule has 1 N–H and O–H groups in total. The number of nitrogens with one attached hydrogen (secondary N) is 1. The van der Waals surface area contributed by atoms with Crippen LogP contribution in [-0.4, -0.2) is 29.8 Å². The van der Waals surface area contributed by atoms with E-state index in [-0.39, 0.29) is 22.4 Å². The molecule has 1 aromatic carbocycles. The van der Waals surface area contributed by atoms with Crippen molar-refractivity contribution in [2.75, 3.05) is 5.32 Å². The number of hydrogen-bond acceptors (Lipinski definition) is 5. The van der Waals surface area contributed by atoms with Gasteiger partial charge in [-0.2, -0.15) is 5.10 Å². The van der Waals surface area contributed by atoms with Gasteiger partial charge in [0.1, 0.15) is 5.65 Å². The first-order valence-corrected chi connectivity index (χ1v) is 10.2. The minimum atomic E-state index is -1.00. The first-order chi connectivity index (χ1) is 15.8. The molecule has 0 fully saturated rings. The number of amides is 1. The molecular formula is C22H18F2N6O3. The van der Waals surface area contributed by atoms with Crippen LogP contribution in [0.4, 0.5) is 14.5 Å². The fraction of sp³-hybridized carbons (Fsp3) is 0.227. The average Bonchev–Trinajstić information content (AvgIpc) is 3.41. The minimum absolute atomic E-state index is 0.167. The number of halogens is 2. The molecule has 3 heterocycles. The number of fused-ring (bicyclic) bond motifs is 2. The lowest BCUT2D eigenvalue weighted by Gasteiger charge is -2.09. The van der Waals surface area contributed by atoms with Crippen molar-refractivity contribution in [1.82, 2.24) is 23.9 Å². The van der Waals surface area contributed by atoms with Crippen molar-refractivity contribution in [3.05, 3.63) is 79.9 Å². The molecule has 33 heavy (non-hydrogen) atoms. The van der Waals surface area contributed by atoms with Gasteiger partial charge in [-0.15, -0.1) is 0 Å². The maximum Gasteiger partial charge on any atom is 0.332 e. The topological polar surface area (TPSA) is 104 Å². The summed E-state index contributed by atoms with van der Waals surface area (Å²) in [5.41, 5.74) is 1.43. The zero-order chi connectivity index (χ0) is 23.4. The highest BCUT2D eigenvalue weighted by molar-refractivity contribution is 6.04. The van der Waals surface area contributed by atoms with Gasteiger partial charge in [0.15, 0.2) is 17.3 Å². The second-order valence-electron chi connectivity index (χ2n) is 7.89. The normalized spacial score (nSPS) is 12.8. The van der Waals surface area contributed by atoms with E-state index in [9.17, 15) is 23.2 Å². The van der Waals surface area contributed by atoms with E-state index in [1.165, 1.54) is 41.7 Å². The average molecular weight is 452 g/mol. The molecular weight excluding hydrogens is 434 g/mol. The number of hydrogen-bond donors (Lipinski definition) is 1. The van der Waals surface area contributed by atoms with Crippen LogP contribution in [0.2, 0.25) is 0 Å². The molecule has 0 saturated carbocycles. The SMILES string of the molecule is Cn1c(=O)c2cc(NC(=O)c3nn(-c4ccc(F)c(F)c4)c4c3CCC4)cnc2n(C)c1=O. The van der Waals surface area contributed by atoms with Crippen molar-refractivity contribution in [3.63, 3.8) is 0 Å². The van der Waals surface area contributed by atoms with Crippen molar-refractivity contribution in [2.45, 2.75) is 19.3 Å². The van der Waals surface area contributed by atoms with Crippen LogP contribution >= 0.6 is 0 Å². The number of carbonyl (C=O) groups is 1. The molecule has 0 atom stereocenters. The van der Waals surface area contributed by atoms with Crippen molar-refractivity contribution < 1.29 is 13.6 Å². The lowest BCUT2D eigenvalue weighted by molar-refractivity contribution is 0.102. The van der Waals surface area contributed by atoms with Crippen LogP contribution in [0.15, 0.2) is 40.1 Å². The summed E-state index contributed by atoms with van der Waals surface area (Å²) in [5.74, 6) is -2.48. The second kappa shape index (κ2) is 7.47. The van der Waals surface area contributed by atoms with E-state index in [1.807, 2.05) is 0 Å². The van der Waals surface area contributed by atoms with Gasteiger partial charge < -0.3 is 5.32 Å². The zero-order valence-electron chi connectivity index (χ0n) is 17.7. The van der Waals surface area contributed by atoms with Crippen LogP contribution < -0.4 is 16.6 Å². The van der Waals surface area contributed by atoms with Crippen LogP contribution in [0, 0.1) is 11.6 Å². The Balaban J connectivity index is 1.53. The molecule has 3 aromatic heterocycles. The van der Waals surface area contributed by atoms with Crippen LogP contribution in [0.3, 0.4) is 0 Å².